The average molecular weight is 438 g/mol. The van der Waals surface area contributed by atoms with E-state index in [2.05, 4.69) is 15.8 Å². The summed E-state index contributed by atoms with van der Waals surface area (Å²) < 4.78 is 10.0. The first-order chi connectivity index (χ1) is 15.4. The fraction of sp³-hybridized carbons (Fsp3) is 0.0952. The monoisotopic (exact) mass is 438 g/mol. The van der Waals surface area contributed by atoms with Crippen molar-refractivity contribution in [1.82, 2.24) is 10.7 Å². The van der Waals surface area contributed by atoms with Gasteiger partial charge in [0.05, 0.1) is 12.3 Å². The maximum Gasteiger partial charge on any atom is 0.433 e. The molecular formula is C21H18N4O7. The Hall–Kier alpha value is -4.67. The SMILES string of the molecule is O=C(N[C@@H](Cc1ccc(O)cc1)C(=O)N/N=C/C=C/c1ccc([N+](=O)[O-])o1)c1ccco1. The first kappa shape index (κ1) is 22.0. The third-order valence-electron chi connectivity index (χ3n) is 4.13. The summed E-state index contributed by atoms with van der Waals surface area (Å²) >= 11 is 0. The zero-order chi connectivity index (χ0) is 22.9. The normalized spacial score (nSPS) is 12.1. The minimum atomic E-state index is -0.981. The lowest BCUT2D eigenvalue weighted by molar-refractivity contribution is -0.402. The molecule has 32 heavy (non-hydrogen) atoms. The molecule has 11 nitrogen and oxygen atoms in total. The van der Waals surface area contributed by atoms with E-state index in [1.165, 1.54) is 55.0 Å². The molecule has 0 fully saturated rings. The minimum Gasteiger partial charge on any atom is -0.508 e. The lowest BCUT2D eigenvalue weighted by Gasteiger charge is -2.16. The molecule has 0 spiro atoms. The van der Waals surface area contributed by atoms with Crippen LogP contribution in [0.25, 0.3) is 6.08 Å². The molecule has 2 aromatic heterocycles. The van der Waals surface area contributed by atoms with Crippen molar-refractivity contribution in [2.45, 2.75) is 12.5 Å². The van der Waals surface area contributed by atoms with Crippen LogP contribution in [-0.4, -0.2) is 34.1 Å². The van der Waals surface area contributed by atoms with Gasteiger partial charge in [-0.1, -0.05) is 12.1 Å². The Morgan fingerprint density at radius 1 is 1.19 bits per heavy atom. The molecule has 1 atom stereocenters. The summed E-state index contributed by atoms with van der Waals surface area (Å²) in [7, 11) is 0. The predicted molar refractivity (Wildman–Crippen MR) is 113 cm³/mol. The topological polar surface area (TPSA) is 160 Å². The van der Waals surface area contributed by atoms with E-state index in [9.17, 15) is 24.8 Å². The molecule has 0 radical (unpaired) electrons. The van der Waals surface area contributed by atoms with Gasteiger partial charge in [-0.05, 0) is 48.0 Å². The first-order valence-electron chi connectivity index (χ1n) is 9.28. The van der Waals surface area contributed by atoms with E-state index in [1.54, 1.807) is 18.2 Å². The number of nitrogens with zero attached hydrogens (tertiary/aromatic N) is 2. The highest BCUT2D eigenvalue weighted by atomic mass is 16.6. The molecular weight excluding hydrogens is 420 g/mol. The number of rotatable bonds is 9. The molecule has 3 rings (SSSR count). The van der Waals surface area contributed by atoms with Gasteiger partial charge < -0.3 is 19.3 Å². The molecule has 0 aliphatic rings. The van der Waals surface area contributed by atoms with E-state index in [1.807, 2.05) is 0 Å². The summed E-state index contributed by atoms with van der Waals surface area (Å²) in [4.78, 5) is 34.8. The molecule has 0 bridgehead atoms. The van der Waals surface area contributed by atoms with Crippen LogP contribution in [0.1, 0.15) is 21.9 Å². The first-order valence-corrected chi connectivity index (χ1v) is 9.28. The molecule has 0 aliphatic carbocycles. The number of hydrogen-bond donors (Lipinski definition) is 3. The lowest BCUT2D eigenvalue weighted by atomic mass is 10.0. The van der Waals surface area contributed by atoms with E-state index >= 15 is 0 Å². The van der Waals surface area contributed by atoms with E-state index < -0.39 is 22.8 Å². The van der Waals surface area contributed by atoms with Crippen molar-refractivity contribution in [2.24, 2.45) is 5.10 Å². The van der Waals surface area contributed by atoms with Crippen LogP contribution < -0.4 is 10.7 Å². The summed E-state index contributed by atoms with van der Waals surface area (Å²) in [6.07, 6.45) is 5.57. The molecule has 11 heteroatoms. The van der Waals surface area contributed by atoms with Gasteiger partial charge in [0, 0.05) is 12.6 Å². The van der Waals surface area contributed by atoms with Gasteiger partial charge >= 0.3 is 5.88 Å². The van der Waals surface area contributed by atoms with Gasteiger partial charge in [-0.3, -0.25) is 19.7 Å². The Morgan fingerprint density at radius 2 is 1.97 bits per heavy atom. The van der Waals surface area contributed by atoms with Crippen LogP contribution in [-0.2, 0) is 11.2 Å². The van der Waals surface area contributed by atoms with Crippen LogP contribution in [0.4, 0.5) is 5.88 Å². The standard InChI is InChI=1S/C21H18N4O7/c26-15-7-5-14(6-8-15)13-17(23-21(28)18-4-2-12-31-18)20(27)24-22-11-1-3-16-9-10-19(32-16)25(29)30/h1-12,17,26H,13H2,(H,23,28)(H,24,27)/b3-1+,22-11+/t17-/m0/s1. The number of aromatic hydroxyl groups is 1. The maximum atomic E-state index is 12.6. The van der Waals surface area contributed by atoms with E-state index in [-0.39, 0.29) is 29.6 Å². The maximum absolute atomic E-state index is 12.6. The van der Waals surface area contributed by atoms with Crippen molar-refractivity contribution in [2.75, 3.05) is 0 Å². The summed E-state index contributed by atoms with van der Waals surface area (Å²) in [6.45, 7) is 0. The number of carbonyl (C=O) groups is 2. The van der Waals surface area contributed by atoms with Gasteiger partial charge in [0.25, 0.3) is 11.8 Å². The number of allylic oxidation sites excluding steroid dienone is 1. The van der Waals surface area contributed by atoms with Crippen molar-refractivity contribution < 1.29 is 28.5 Å². The smallest absolute Gasteiger partial charge is 0.433 e. The molecule has 0 aliphatic heterocycles. The van der Waals surface area contributed by atoms with Gasteiger partial charge in [0.2, 0.25) is 0 Å². The van der Waals surface area contributed by atoms with Crippen LogP contribution in [0.3, 0.4) is 0 Å². The number of phenolic OH excluding ortho intramolecular Hbond substituents is 1. The number of hydrazone groups is 1. The van der Waals surface area contributed by atoms with Crippen molar-refractivity contribution in [3.63, 3.8) is 0 Å². The molecule has 0 saturated heterocycles. The number of carbonyl (C=O) groups excluding carboxylic acids is 2. The van der Waals surface area contributed by atoms with Gasteiger partial charge in [-0.25, -0.2) is 5.43 Å². The number of nitrogens with one attached hydrogen (secondary N) is 2. The predicted octanol–water partition coefficient (Wildman–Crippen LogP) is 2.64. The third kappa shape index (κ3) is 6.16. The Balaban J connectivity index is 1.63. The summed E-state index contributed by atoms with van der Waals surface area (Å²) in [6, 6.07) is 10.9. The zero-order valence-corrected chi connectivity index (χ0v) is 16.5. The highest BCUT2D eigenvalue weighted by molar-refractivity contribution is 5.95. The number of furan rings is 2. The molecule has 0 unspecified atom stereocenters. The number of amides is 2. The minimum absolute atomic E-state index is 0.0486. The third-order valence-corrected chi connectivity index (χ3v) is 4.13. The molecule has 0 saturated carbocycles. The fourth-order valence-corrected chi connectivity index (χ4v) is 2.60. The molecule has 2 amide bonds. The number of hydrogen-bond acceptors (Lipinski definition) is 8. The number of phenols is 1. The molecule has 164 valence electrons. The second kappa shape index (κ2) is 10.4. The van der Waals surface area contributed by atoms with Crippen molar-refractivity contribution in [3.05, 3.63) is 88.1 Å². The largest absolute Gasteiger partial charge is 0.508 e. The van der Waals surface area contributed by atoms with Gasteiger partial charge in [0.15, 0.2) is 5.76 Å². The van der Waals surface area contributed by atoms with Crippen LogP contribution >= 0.6 is 0 Å². The van der Waals surface area contributed by atoms with Crippen LogP contribution in [0, 0.1) is 10.1 Å². The molecule has 1 aromatic carbocycles. The second-order valence-corrected chi connectivity index (χ2v) is 6.42. The van der Waals surface area contributed by atoms with Crippen LogP contribution in [0.15, 0.2) is 74.8 Å². The Morgan fingerprint density at radius 3 is 2.62 bits per heavy atom. The molecule has 3 N–H and O–H groups in total. The van der Waals surface area contributed by atoms with Crippen LogP contribution in [0.2, 0.25) is 0 Å². The Labute approximate surface area is 181 Å². The van der Waals surface area contributed by atoms with Crippen LogP contribution in [0.5, 0.6) is 5.75 Å². The lowest BCUT2D eigenvalue weighted by Crippen LogP contribution is -2.46. The van der Waals surface area contributed by atoms with Crippen molar-refractivity contribution >= 4 is 30.0 Å². The molecule has 2 heterocycles. The summed E-state index contributed by atoms with van der Waals surface area (Å²) in [5.74, 6) is -1.18. The van der Waals surface area contributed by atoms with Gasteiger partial charge in [-0.15, -0.1) is 0 Å². The summed E-state index contributed by atoms with van der Waals surface area (Å²) in [5.41, 5.74) is 3.02. The van der Waals surface area contributed by atoms with Crippen molar-refractivity contribution in [3.8, 4) is 5.75 Å². The fourth-order valence-electron chi connectivity index (χ4n) is 2.60. The van der Waals surface area contributed by atoms with E-state index in [4.69, 9.17) is 8.83 Å². The van der Waals surface area contributed by atoms with Crippen molar-refractivity contribution in [1.29, 1.82) is 0 Å². The van der Waals surface area contributed by atoms with E-state index in [0.717, 1.165) is 0 Å². The van der Waals surface area contributed by atoms with E-state index in [0.29, 0.717) is 5.56 Å². The quantitative estimate of drug-likeness (QED) is 0.263. The van der Waals surface area contributed by atoms with Gasteiger partial charge in [0.1, 0.15) is 22.5 Å². The highest BCUT2D eigenvalue weighted by Gasteiger charge is 2.23. The Kier molecular flexibility index (Phi) is 7.15. The highest BCUT2D eigenvalue weighted by Crippen LogP contribution is 2.16. The second-order valence-electron chi connectivity index (χ2n) is 6.42. The average Bonchev–Trinajstić information content (AvgIpc) is 3.47. The number of benzene rings is 1. The van der Waals surface area contributed by atoms with Gasteiger partial charge in [-0.2, -0.15) is 5.10 Å². The number of nitro groups is 1. The zero-order valence-electron chi connectivity index (χ0n) is 16.5. The Bertz CT molecular complexity index is 1130. The summed E-state index contributed by atoms with van der Waals surface area (Å²) in [5, 5.41) is 26.4. The molecule has 3 aromatic rings.